The summed E-state index contributed by atoms with van der Waals surface area (Å²) in [6, 6.07) is 84.6. The van der Waals surface area contributed by atoms with Crippen LogP contribution in [0.3, 0.4) is 0 Å². The number of hydrogen-bond donors (Lipinski definition) is 0. The van der Waals surface area contributed by atoms with E-state index in [1.54, 1.807) is 0 Å². The van der Waals surface area contributed by atoms with Crippen LogP contribution in [0.5, 0.6) is 0 Å². The van der Waals surface area contributed by atoms with E-state index in [1.807, 2.05) is 0 Å². The summed E-state index contributed by atoms with van der Waals surface area (Å²) in [5.74, 6) is 0. The average Bonchev–Trinajstić information content (AvgIpc) is 3.80. The Kier molecular flexibility index (Phi) is 8.55. The molecule has 298 valence electrons. The van der Waals surface area contributed by atoms with Crippen LogP contribution in [0.15, 0.2) is 231 Å². The third kappa shape index (κ3) is 6.09. The molecule has 0 bridgehead atoms. The molecule has 0 unspecified atom stereocenters. The van der Waals surface area contributed by atoms with Crippen molar-refractivity contribution in [1.29, 1.82) is 0 Å². The minimum Gasteiger partial charge on any atom is -0.310 e. The quantitative estimate of drug-likeness (QED) is 0.156. The number of fused-ring (bicyclic) bond motifs is 7. The molecule has 0 amide bonds. The Labute approximate surface area is 368 Å². The van der Waals surface area contributed by atoms with Gasteiger partial charge in [-0.15, -0.1) is 0 Å². The highest BCUT2D eigenvalue weighted by molar-refractivity contribution is 6.16. The lowest BCUT2D eigenvalue weighted by molar-refractivity contribution is 0.660. The molecule has 10 aromatic carbocycles. The lowest BCUT2D eigenvalue weighted by atomic mass is 9.81. The number of anilines is 3. The summed E-state index contributed by atoms with van der Waals surface area (Å²) < 4.78 is 2.42. The van der Waals surface area contributed by atoms with Crippen molar-refractivity contribution in [2.45, 2.75) is 19.3 Å². The molecule has 0 aliphatic heterocycles. The van der Waals surface area contributed by atoms with Crippen LogP contribution in [0.2, 0.25) is 0 Å². The predicted octanol–water partition coefficient (Wildman–Crippen LogP) is 16.7. The molecule has 63 heavy (non-hydrogen) atoms. The van der Waals surface area contributed by atoms with Crippen molar-refractivity contribution >= 4 is 49.6 Å². The molecular formula is C61H44N2. The Morgan fingerprint density at radius 1 is 0.349 bits per heavy atom. The molecule has 12 rings (SSSR count). The zero-order chi connectivity index (χ0) is 42.1. The highest BCUT2D eigenvalue weighted by Crippen LogP contribution is 2.52. The van der Waals surface area contributed by atoms with Gasteiger partial charge in [-0.25, -0.2) is 0 Å². The third-order valence-electron chi connectivity index (χ3n) is 13.4. The van der Waals surface area contributed by atoms with Gasteiger partial charge in [-0.05, 0) is 139 Å². The Morgan fingerprint density at radius 3 is 1.67 bits per heavy atom. The molecule has 0 fully saturated rings. The largest absolute Gasteiger partial charge is 0.310 e. The highest BCUT2D eigenvalue weighted by Gasteiger charge is 2.36. The molecular weight excluding hydrogens is 761 g/mol. The Bertz CT molecular complexity index is 3510. The van der Waals surface area contributed by atoms with Gasteiger partial charge in [0.25, 0.3) is 0 Å². The van der Waals surface area contributed by atoms with Crippen LogP contribution in [0.25, 0.3) is 82.8 Å². The summed E-state index contributed by atoms with van der Waals surface area (Å²) in [7, 11) is 0. The maximum Gasteiger partial charge on any atom is 0.0547 e. The van der Waals surface area contributed by atoms with E-state index in [9.17, 15) is 0 Å². The number of aromatic nitrogens is 1. The van der Waals surface area contributed by atoms with E-state index in [0.29, 0.717) is 0 Å². The lowest BCUT2D eigenvalue weighted by Gasteiger charge is -2.28. The van der Waals surface area contributed by atoms with Gasteiger partial charge in [0.2, 0.25) is 0 Å². The minimum atomic E-state index is -0.225. The van der Waals surface area contributed by atoms with Gasteiger partial charge in [-0.3, -0.25) is 0 Å². The standard InChI is InChI=1S/C61H44N2/c1-61(2)56-39-47(46-29-36-58-55(38-46)60-52(44-18-8-4-9-19-44)23-14-24-59(60)63(58)48-21-10-5-11-22-48)28-34-53(56)54-35-33-51(40-57(54)61)62(50-32-27-42-17-12-13-20-45(42)37-50)49-30-25-43(26-31-49)41-15-6-3-7-16-41/h3-40H,1-2H3. The zero-order valence-corrected chi connectivity index (χ0v) is 35.3. The number of para-hydroxylation sites is 1. The van der Waals surface area contributed by atoms with E-state index in [2.05, 4.69) is 254 Å². The van der Waals surface area contributed by atoms with E-state index in [4.69, 9.17) is 0 Å². The van der Waals surface area contributed by atoms with E-state index in [1.165, 1.54) is 88.2 Å². The van der Waals surface area contributed by atoms with Crippen LogP contribution in [0, 0.1) is 0 Å². The molecule has 1 aliphatic carbocycles. The zero-order valence-electron chi connectivity index (χ0n) is 35.3. The summed E-state index contributed by atoms with van der Waals surface area (Å²) in [6.45, 7) is 4.78. The molecule has 0 saturated heterocycles. The van der Waals surface area contributed by atoms with Crippen molar-refractivity contribution in [3.63, 3.8) is 0 Å². The predicted molar refractivity (Wildman–Crippen MR) is 267 cm³/mol. The molecule has 0 spiro atoms. The summed E-state index contributed by atoms with van der Waals surface area (Å²) in [4.78, 5) is 2.41. The van der Waals surface area contributed by atoms with Crippen molar-refractivity contribution in [2.24, 2.45) is 0 Å². The Morgan fingerprint density at radius 2 is 0.905 bits per heavy atom. The normalized spacial score (nSPS) is 12.7. The van der Waals surface area contributed by atoms with Gasteiger partial charge < -0.3 is 9.47 Å². The summed E-state index contributed by atoms with van der Waals surface area (Å²) in [5.41, 5.74) is 19.4. The molecule has 1 heterocycles. The first kappa shape index (κ1) is 36.9. The Balaban J connectivity index is 0.966. The van der Waals surface area contributed by atoms with E-state index in [0.717, 1.165) is 22.7 Å². The second kappa shape index (κ2) is 14.6. The van der Waals surface area contributed by atoms with Gasteiger partial charge in [0.1, 0.15) is 0 Å². The maximum absolute atomic E-state index is 2.45. The fourth-order valence-electron chi connectivity index (χ4n) is 10.2. The van der Waals surface area contributed by atoms with Gasteiger partial charge in [0, 0.05) is 38.9 Å². The minimum absolute atomic E-state index is 0.225. The van der Waals surface area contributed by atoms with Gasteiger partial charge in [-0.1, -0.05) is 172 Å². The van der Waals surface area contributed by atoms with Crippen LogP contribution in [0.1, 0.15) is 25.0 Å². The second-order valence-electron chi connectivity index (χ2n) is 17.4. The molecule has 0 N–H and O–H groups in total. The van der Waals surface area contributed by atoms with Crippen LogP contribution in [-0.4, -0.2) is 4.57 Å². The van der Waals surface area contributed by atoms with Gasteiger partial charge in [0.15, 0.2) is 0 Å². The Hall–Kier alpha value is -7.94. The van der Waals surface area contributed by atoms with Crippen molar-refractivity contribution < 1.29 is 0 Å². The highest BCUT2D eigenvalue weighted by atomic mass is 15.1. The number of nitrogens with zero attached hydrogens (tertiary/aromatic N) is 2. The molecule has 0 atom stereocenters. The average molecular weight is 805 g/mol. The first-order valence-electron chi connectivity index (χ1n) is 21.9. The summed E-state index contributed by atoms with van der Waals surface area (Å²) in [6.07, 6.45) is 0. The second-order valence-corrected chi connectivity index (χ2v) is 17.4. The number of hydrogen-bond acceptors (Lipinski definition) is 1. The molecule has 2 nitrogen and oxygen atoms in total. The molecule has 1 aromatic heterocycles. The van der Waals surface area contributed by atoms with Gasteiger partial charge >= 0.3 is 0 Å². The molecule has 1 aliphatic rings. The first-order valence-corrected chi connectivity index (χ1v) is 21.9. The SMILES string of the molecule is CC1(C)c2cc(-c3ccc4c(c3)c3c(-c5ccccc5)cccc3n4-c3ccccc3)ccc2-c2ccc(N(c3ccc(-c4ccccc4)cc3)c3ccc4ccccc4c3)cc21. The van der Waals surface area contributed by atoms with Crippen molar-refractivity contribution in [2.75, 3.05) is 4.90 Å². The van der Waals surface area contributed by atoms with E-state index >= 15 is 0 Å². The van der Waals surface area contributed by atoms with Gasteiger partial charge in [-0.2, -0.15) is 0 Å². The smallest absolute Gasteiger partial charge is 0.0547 e. The number of rotatable bonds is 7. The fraction of sp³-hybridized carbons (Fsp3) is 0.0492. The molecule has 0 radical (unpaired) electrons. The number of benzene rings is 10. The topological polar surface area (TPSA) is 8.17 Å². The third-order valence-corrected chi connectivity index (χ3v) is 13.4. The van der Waals surface area contributed by atoms with Crippen LogP contribution in [0.4, 0.5) is 17.1 Å². The van der Waals surface area contributed by atoms with Crippen molar-refractivity contribution in [3.8, 4) is 50.2 Å². The van der Waals surface area contributed by atoms with Crippen molar-refractivity contribution in [3.05, 3.63) is 242 Å². The summed E-state index contributed by atoms with van der Waals surface area (Å²) >= 11 is 0. The van der Waals surface area contributed by atoms with Crippen LogP contribution in [-0.2, 0) is 5.41 Å². The lowest BCUT2D eigenvalue weighted by Crippen LogP contribution is -2.16. The summed E-state index contributed by atoms with van der Waals surface area (Å²) in [5, 5.41) is 4.99. The maximum atomic E-state index is 2.45. The monoisotopic (exact) mass is 804 g/mol. The molecule has 0 saturated carbocycles. The molecule has 2 heteroatoms. The van der Waals surface area contributed by atoms with E-state index in [-0.39, 0.29) is 5.41 Å². The fourth-order valence-corrected chi connectivity index (χ4v) is 10.2. The van der Waals surface area contributed by atoms with E-state index < -0.39 is 0 Å². The van der Waals surface area contributed by atoms with Gasteiger partial charge in [0.05, 0.1) is 11.0 Å². The van der Waals surface area contributed by atoms with Crippen molar-refractivity contribution in [1.82, 2.24) is 4.57 Å². The van der Waals surface area contributed by atoms with Crippen LogP contribution >= 0.6 is 0 Å². The first-order chi connectivity index (χ1) is 31.0. The van der Waals surface area contributed by atoms with Crippen LogP contribution < -0.4 is 4.90 Å². The molecule has 11 aromatic rings.